The zero-order chi connectivity index (χ0) is 15.8. The predicted octanol–water partition coefficient (Wildman–Crippen LogP) is 4.03. The molecule has 0 atom stereocenters. The van der Waals surface area contributed by atoms with Gasteiger partial charge in [0, 0.05) is 11.0 Å². The van der Waals surface area contributed by atoms with Crippen molar-refractivity contribution >= 4 is 5.97 Å². The number of hydrogen-bond donors (Lipinski definition) is 2. The monoisotopic (exact) mass is 284 g/mol. The van der Waals surface area contributed by atoms with Gasteiger partial charge in [0.05, 0.1) is 0 Å². The second kappa shape index (κ2) is 5.24. The third-order valence-corrected chi connectivity index (χ3v) is 4.20. The van der Waals surface area contributed by atoms with E-state index >= 15 is 0 Å². The predicted molar refractivity (Wildman–Crippen MR) is 83.1 cm³/mol. The molecule has 0 spiro atoms. The van der Waals surface area contributed by atoms with Gasteiger partial charge in [-0.1, -0.05) is 50.2 Å². The van der Waals surface area contributed by atoms with Crippen molar-refractivity contribution in [3.8, 4) is 5.75 Å². The lowest BCUT2D eigenvalue weighted by Crippen LogP contribution is -2.20. The van der Waals surface area contributed by atoms with E-state index in [1.165, 1.54) is 0 Å². The Labute approximate surface area is 124 Å². The highest BCUT2D eigenvalue weighted by atomic mass is 16.4. The first kappa shape index (κ1) is 15.1. The Morgan fingerprint density at radius 3 is 2.19 bits per heavy atom. The highest BCUT2D eigenvalue weighted by Crippen LogP contribution is 2.40. The Bertz CT molecular complexity index is 685. The van der Waals surface area contributed by atoms with Gasteiger partial charge in [0.2, 0.25) is 0 Å². The lowest BCUT2D eigenvalue weighted by molar-refractivity contribution is 0.0692. The fraction of sp³-hybridized carbons (Fsp3) is 0.278. The number of carbonyl (C=O) groups is 1. The lowest BCUT2D eigenvalue weighted by Gasteiger charge is -2.28. The standard InChI is InChI=1S/C18H20O3/c1-11-10-14(16(19)15(12(11)2)17(20)21)18(3,4)13-8-6-5-7-9-13/h5-10,19H,1-4H3,(H,20,21). The van der Waals surface area contributed by atoms with E-state index in [-0.39, 0.29) is 11.3 Å². The van der Waals surface area contributed by atoms with Crippen LogP contribution in [0.3, 0.4) is 0 Å². The van der Waals surface area contributed by atoms with Crippen LogP contribution in [0.2, 0.25) is 0 Å². The van der Waals surface area contributed by atoms with E-state index in [2.05, 4.69) is 0 Å². The SMILES string of the molecule is Cc1cc(C(C)(C)c2ccccc2)c(O)c(C(=O)O)c1C. The van der Waals surface area contributed by atoms with Crippen LogP contribution in [-0.4, -0.2) is 16.2 Å². The summed E-state index contributed by atoms with van der Waals surface area (Å²) in [4.78, 5) is 11.5. The molecule has 0 aromatic heterocycles. The molecule has 0 fully saturated rings. The molecule has 0 unspecified atom stereocenters. The molecule has 0 saturated carbocycles. The van der Waals surface area contributed by atoms with E-state index in [9.17, 15) is 15.0 Å². The van der Waals surface area contributed by atoms with Crippen molar-refractivity contribution in [2.75, 3.05) is 0 Å². The first-order chi connectivity index (χ1) is 9.76. The van der Waals surface area contributed by atoms with E-state index in [0.29, 0.717) is 11.1 Å². The summed E-state index contributed by atoms with van der Waals surface area (Å²) in [5.74, 6) is -1.24. The van der Waals surface area contributed by atoms with Crippen molar-refractivity contribution in [2.24, 2.45) is 0 Å². The van der Waals surface area contributed by atoms with Gasteiger partial charge in [-0.25, -0.2) is 4.79 Å². The summed E-state index contributed by atoms with van der Waals surface area (Å²) in [7, 11) is 0. The molecular weight excluding hydrogens is 264 g/mol. The summed E-state index contributed by atoms with van der Waals surface area (Å²) in [6.07, 6.45) is 0. The first-order valence-corrected chi connectivity index (χ1v) is 6.89. The van der Waals surface area contributed by atoms with E-state index in [1.54, 1.807) is 6.92 Å². The van der Waals surface area contributed by atoms with Gasteiger partial charge in [0.25, 0.3) is 0 Å². The van der Waals surface area contributed by atoms with Crippen molar-refractivity contribution in [1.82, 2.24) is 0 Å². The summed E-state index contributed by atoms with van der Waals surface area (Å²) in [6, 6.07) is 11.7. The quantitative estimate of drug-likeness (QED) is 0.894. The Kier molecular flexibility index (Phi) is 3.77. The number of aromatic hydroxyl groups is 1. The van der Waals surface area contributed by atoms with Gasteiger partial charge in [0.1, 0.15) is 11.3 Å². The van der Waals surface area contributed by atoms with Gasteiger partial charge in [-0.05, 0) is 30.5 Å². The van der Waals surface area contributed by atoms with Crippen LogP contribution in [-0.2, 0) is 5.41 Å². The van der Waals surface area contributed by atoms with Gasteiger partial charge < -0.3 is 10.2 Å². The number of carboxylic acid groups (broad SMARTS) is 1. The summed E-state index contributed by atoms with van der Waals surface area (Å²) >= 11 is 0. The smallest absolute Gasteiger partial charge is 0.339 e. The van der Waals surface area contributed by atoms with Crippen LogP contribution < -0.4 is 0 Å². The van der Waals surface area contributed by atoms with Crippen molar-refractivity contribution in [2.45, 2.75) is 33.1 Å². The lowest BCUT2D eigenvalue weighted by atomic mass is 9.76. The van der Waals surface area contributed by atoms with Crippen LogP contribution in [0.1, 0.15) is 46.5 Å². The van der Waals surface area contributed by atoms with Gasteiger partial charge in [-0.3, -0.25) is 0 Å². The van der Waals surface area contributed by atoms with Gasteiger partial charge in [0.15, 0.2) is 0 Å². The van der Waals surface area contributed by atoms with Crippen LogP contribution in [0.4, 0.5) is 0 Å². The topological polar surface area (TPSA) is 57.5 Å². The second-order valence-corrected chi connectivity index (χ2v) is 5.89. The van der Waals surface area contributed by atoms with Crippen molar-refractivity contribution < 1.29 is 15.0 Å². The van der Waals surface area contributed by atoms with Crippen LogP contribution in [0, 0.1) is 13.8 Å². The molecule has 0 radical (unpaired) electrons. The number of aryl methyl sites for hydroxylation is 1. The molecule has 0 bridgehead atoms. The molecule has 0 aliphatic carbocycles. The number of aromatic carboxylic acids is 1. The maximum absolute atomic E-state index is 11.5. The number of rotatable bonds is 3. The summed E-state index contributed by atoms with van der Waals surface area (Å²) in [5.41, 5.74) is 2.65. The number of benzene rings is 2. The van der Waals surface area contributed by atoms with Crippen molar-refractivity contribution in [1.29, 1.82) is 0 Å². The van der Waals surface area contributed by atoms with Crippen LogP contribution in [0.15, 0.2) is 36.4 Å². The number of carboxylic acids is 1. The molecule has 0 aliphatic rings. The summed E-state index contributed by atoms with van der Waals surface area (Å²) < 4.78 is 0. The fourth-order valence-electron chi connectivity index (χ4n) is 2.65. The van der Waals surface area contributed by atoms with Gasteiger partial charge in [-0.2, -0.15) is 0 Å². The molecule has 0 amide bonds. The zero-order valence-electron chi connectivity index (χ0n) is 12.8. The van der Waals surface area contributed by atoms with E-state index in [1.807, 2.05) is 57.2 Å². The Morgan fingerprint density at radius 2 is 1.67 bits per heavy atom. The first-order valence-electron chi connectivity index (χ1n) is 6.89. The van der Waals surface area contributed by atoms with Crippen LogP contribution in [0.5, 0.6) is 5.75 Å². The average molecular weight is 284 g/mol. The molecule has 2 N–H and O–H groups in total. The number of hydrogen-bond acceptors (Lipinski definition) is 2. The highest BCUT2D eigenvalue weighted by molar-refractivity contribution is 5.93. The normalized spacial score (nSPS) is 11.4. The fourth-order valence-corrected chi connectivity index (χ4v) is 2.65. The molecule has 2 aromatic carbocycles. The van der Waals surface area contributed by atoms with E-state index in [4.69, 9.17) is 0 Å². The van der Waals surface area contributed by atoms with Crippen LogP contribution >= 0.6 is 0 Å². The minimum atomic E-state index is -1.10. The molecule has 2 rings (SSSR count). The molecule has 0 aliphatic heterocycles. The van der Waals surface area contributed by atoms with Gasteiger partial charge >= 0.3 is 5.97 Å². The number of phenols is 1. The van der Waals surface area contributed by atoms with E-state index in [0.717, 1.165) is 11.1 Å². The third kappa shape index (κ3) is 2.51. The van der Waals surface area contributed by atoms with Crippen molar-refractivity contribution in [3.05, 3.63) is 64.2 Å². The molecule has 110 valence electrons. The minimum absolute atomic E-state index is 0.00555. The molecule has 21 heavy (non-hydrogen) atoms. The Hall–Kier alpha value is -2.29. The molecular formula is C18H20O3. The maximum Gasteiger partial charge on any atom is 0.339 e. The summed E-state index contributed by atoms with van der Waals surface area (Å²) in [6.45, 7) is 7.55. The second-order valence-electron chi connectivity index (χ2n) is 5.89. The Morgan fingerprint density at radius 1 is 1.10 bits per heavy atom. The third-order valence-electron chi connectivity index (χ3n) is 4.20. The molecule has 0 heterocycles. The summed E-state index contributed by atoms with van der Waals surface area (Å²) in [5, 5.41) is 19.9. The Balaban J connectivity index is 2.73. The highest BCUT2D eigenvalue weighted by Gasteiger charge is 2.30. The maximum atomic E-state index is 11.5. The molecule has 2 aromatic rings. The minimum Gasteiger partial charge on any atom is -0.507 e. The molecule has 3 heteroatoms. The van der Waals surface area contributed by atoms with Gasteiger partial charge in [-0.15, -0.1) is 0 Å². The molecule has 0 saturated heterocycles. The molecule has 3 nitrogen and oxygen atoms in total. The zero-order valence-corrected chi connectivity index (χ0v) is 12.8. The van der Waals surface area contributed by atoms with Crippen molar-refractivity contribution in [3.63, 3.8) is 0 Å². The van der Waals surface area contributed by atoms with Crippen LogP contribution in [0.25, 0.3) is 0 Å². The van der Waals surface area contributed by atoms with E-state index < -0.39 is 11.4 Å². The average Bonchev–Trinajstić information content (AvgIpc) is 2.43. The largest absolute Gasteiger partial charge is 0.507 e.